The fourth-order valence-electron chi connectivity index (χ4n) is 3.84. The molecule has 43 heavy (non-hydrogen) atoms. The zero-order valence-electron chi connectivity index (χ0n) is 26.6. The molecule has 0 spiro atoms. The Labute approximate surface area is 259 Å². The third kappa shape index (κ3) is 28.9. The summed E-state index contributed by atoms with van der Waals surface area (Å²) in [6, 6.07) is 6.96. The van der Waals surface area contributed by atoms with E-state index in [0.717, 1.165) is 19.3 Å². The van der Waals surface area contributed by atoms with E-state index >= 15 is 0 Å². The number of ether oxygens (including phenoxy) is 9. The fraction of sp³-hybridized carbons (Fsp3) is 0.788. The second kappa shape index (κ2) is 33.3. The average molecular weight is 615 g/mol. The van der Waals surface area contributed by atoms with Crippen LogP contribution in [0.2, 0.25) is 0 Å². The van der Waals surface area contributed by atoms with Crippen LogP contribution >= 0.6 is 0 Å². The highest BCUT2D eigenvalue weighted by Crippen LogP contribution is 2.11. The van der Waals surface area contributed by atoms with E-state index in [1.165, 1.54) is 44.9 Å². The summed E-state index contributed by atoms with van der Waals surface area (Å²) in [5, 5.41) is 0. The van der Waals surface area contributed by atoms with Gasteiger partial charge in [0, 0.05) is 12.2 Å². The smallest absolute Gasteiger partial charge is 0.150 e. The molecule has 0 fully saturated rings. The van der Waals surface area contributed by atoms with E-state index in [4.69, 9.17) is 42.6 Å². The highest BCUT2D eigenvalue weighted by Gasteiger charge is 1.97. The SMILES string of the molecule is CCCCCCCCCCOCCOCCOCCOCCOCCOCCOCCOCCOc1ccc(C=O)cc1. The molecular formula is C33H58O10. The van der Waals surface area contributed by atoms with Gasteiger partial charge in [0.2, 0.25) is 0 Å². The van der Waals surface area contributed by atoms with Gasteiger partial charge in [-0.3, -0.25) is 4.79 Å². The lowest BCUT2D eigenvalue weighted by atomic mass is 10.1. The molecule has 1 aromatic carbocycles. The number of rotatable bonds is 35. The summed E-state index contributed by atoms with van der Waals surface area (Å²) in [4.78, 5) is 10.6. The van der Waals surface area contributed by atoms with Crippen molar-refractivity contribution in [3.63, 3.8) is 0 Å². The molecule has 0 saturated heterocycles. The third-order valence-corrected chi connectivity index (χ3v) is 6.26. The Hall–Kier alpha value is -1.63. The summed E-state index contributed by atoms with van der Waals surface area (Å²) >= 11 is 0. The maximum atomic E-state index is 10.6. The second-order valence-corrected chi connectivity index (χ2v) is 9.91. The quantitative estimate of drug-likeness (QED) is 0.0754. The Balaban J connectivity index is 1.64. The van der Waals surface area contributed by atoms with Crippen LogP contribution in [0.1, 0.15) is 68.6 Å². The van der Waals surface area contributed by atoms with Crippen molar-refractivity contribution >= 4 is 6.29 Å². The van der Waals surface area contributed by atoms with Gasteiger partial charge in [-0.1, -0.05) is 51.9 Å². The monoisotopic (exact) mass is 614 g/mol. The first-order valence-corrected chi connectivity index (χ1v) is 16.2. The van der Waals surface area contributed by atoms with E-state index in [9.17, 15) is 4.79 Å². The Kier molecular flexibility index (Phi) is 30.5. The predicted octanol–water partition coefficient (Wildman–Crippen LogP) is 5.15. The van der Waals surface area contributed by atoms with E-state index in [1.54, 1.807) is 24.3 Å². The van der Waals surface area contributed by atoms with Crippen LogP contribution < -0.4 is 4.74 Å². The van der Waals surface area contributed by atoms with Gasteiger partial charge >= 0.3 is 0 Å². The molecule has 0 aliphatic heterocycles. The molecular weight excluding hydrogens is 556 g/mol. The minimum Gasteiger partial charge on any atom is -0.491 e. The molecule has 10 nitrogen and oxygen atoms in total. The molecule has 1 rings (SSSR count). The zero-order valence-corrected chi connectivity index (χ0v) is 26.6. The summed E-state index contributed by atoms with van der Waals surface area (Å²) in [6.07, 6.45) is 11.3. The Bertz CT molecular complexity index is 689. The van der Waals surface area contributed by atoms with Gasteiger partial charge in [-0.15, -0.1) is 0 Å². The molecule has 0 atom stereocenters. The average Bonchev–Trinajstić information content (AvgIpc) is 3.03. The molecule has 0 radical (unpaired) electrons. The number of carbonyl (C=O) groups excluding carboxylic acids is 1. The van der Waals surface area contributed by atoms with Crippen LogP contribution in [0.5, 0.6) is 5.75 Å². The first-order chi connectivity index (χ1) is 21.4. The Morgan fingerprint density at radius 1 is 0.419 bits per heavy atom. The van der Waals surface area contributed by atoms with Gasteiger partial charge in [0.1, 0.15) is 18.6 Å². The molecule has 0 saturated carbocycles. The van der Waals surface area contributed by atoms with Crippen molar-refractivity contribution in [3.8, 4) is 5.75 Å². The molecule has 0 bridgehead atoms. The molecule has 0 heterocycles. The van der Waals surface area contributed by atoms with Gasteiger partial charge in [-0.2, -0.15) is 0 Å². The maximum absolute atomic E-state index is 10.6. The number of hydrogen-bond acceptors (Lipinski definition) is 10. The number of hydrogen-bond donors (Lipinski definition) is 0. The third-order valence-electron chi connectivity index (χ3n) is 6.26. The van der Waals surface area contributed by atoms with Gasteiger partial charge in [0.25, 0.3) is 0 Å². The largest absolute Gasteiger partial charge is 0.491 e. The predicted molar refractivity (Wildman–Crippen MR) is 166 cm³/mol. The van der Waals surface area contributed by atoms with Gasteiger partial charge in [0.15, 0.2) is 0 Å². The molecule has 0 aliphatic rings. The van der Waals surface area contributed by atoms with E-state index < -0.39 is 0 Å². The van der Waals surface area contributed by atoms with Crippen LogP contribution in [0.25, 0.3) is 0 Å². The lowest BCUT2D eigenvalue weighted by Crippen LogP contribution is -2.15. The van der Waals surface area contributed by atoms with Crippen molar-refractivity contribution in [2.75, 3.05) is 112 Å². The van der Waals surface area contributed by atoms with Crippen LogP contribution in [-0.2, 0) is 37.9 Å². The molecule has 1 aromatic rings. The Morgan fingerprint density at radius 2 is 0.744 bits per heavy atom. The minimum atomic E-state index is 0.438. The van der Waals surface area contributed by atoms with Crippen LogP contribution in [0.4, 0.5) is 0 Å². The molecule has 0 amide bonds. The molecule has 0 N–H and O–H groups in total. The summed E-state index contributed by atoms with van der Waals surface area (Å²) in [7, 11) is 0. The fourth-order valence-corrected chi connectivity index (χ4v) is 3.84. The molecule has 0 unspecified atom stereocenters. The molecule has 250 valence electrons. The van der Waals surface area contributed by atoms with Gasteiger partial charge in [-0.05, 0) is 30.7 Å². The Morgan fingerprint density at radius 3 is 1.12 bits per heavy atom. The number of aldehydes is 1. The maximum Gasteiger partial charge on any atom is 0.150 e. The van der Waals surface area contributed by atoms with Crippen molar-refractivity contribution in [1.29, 1.82) is 0 Å². The van der Waals surface area contributed by atoms with Crippen LogP contribution in [0.15, 0.2) is 24.3 Å². The van der Waals surface area contributed by atoms with E-state index in [0.29, 0.717) is 117 Å². The number of unbranched alkanes of at least 4 members (excludes halogenated alkanes) is 7. The first-order valence-electron chi connectivity index (χ1n) is 16.2. The number of carbonyl (C=O) groups is 1. The minimum absolute atomic E-state index is 0.438. The van der Waals surface area contributed by atoms with Crippen LogP contribution in [-0.4, -0.2) is 119 Å². The van der Waals surface area contributed by atoms with Gasteiger partial charge in [-0.25, -0.2) is 0 Å². The van der Waals surface area contributed by atoms with Gasteiger partial charge in [0.05, 0.1) is 99.1 Å². The summed E-state index contributed by atoms with van der Waals surface area (Å²) in [5.41, 5.74) is 0.623. The van der Waals surface area contributed by atoms with Crippen LogP contribution in [0, 0.1) is 0 Å². The summed E-state index contributed by atoms with van der Waals surface area (Å²) in [6.45, 7) is 11.5. The molecule has 10 heteroatoms. The topological polar surface area (TPSA) is 100 Å². The standard InChI is InChI=1S/C33H58O10/c1-2-3-4-5-6-7-8-9-14-35-15-16-36-17-18-37-19-20-38-21-22-39-23-24-40-25-26-41-27-28-42-29-30-43-33-12-10-32(31-34)11-13-33/h10-13,31H,2-9,14-30H2,1H3. The second-order valence-electron chi connectivity index (χ2n) is 9.91. The highest BCUT2D eigenvalue weighted by atomic mass is 16.6. The van der Waals surface area contributed by atoms with E-state index in [1.807, 2.05) is 0 Å². The lowest BCUT2D eigenvalue weighted by molar-refractivity contribution is -0.0236. The van der Waals surface area contributed by atoms with E-state index in [2.05, 4.69) is 6.92 Å². The molecule has 0 aromatic heterocycles. The lowest BCUT2D eigenvalue weighted by Gasteiger charge is -2.09. The van der Waals surface area contributed by atoms with Crippen molar-refractivity contribution < 1.29 is 47.4 Å². The zero-order chi connectivity index (χ0) is 30.7. The summed E-state index contributed by atoms with van der Waals surface area (Å²) < 4.78 is 49.6. The highest BCUT2D eigenvalue weighted by molar-refractivity contribution is 5.74. The van der Waals surface area contributed by atoms with Crippen molar-refractivity contribution in [1.82, 2.24) is 0 Å². The molecule has 0 aliphatic carbocycles. The van der Waals surface area contributed by atoms with E-state index in [-0.39, 0.29) is 0 Å². The van der Waals surface area contributed by atoms with Crippen molar-refractivity contribution in [2.45, 2.75) is 58.3 Å². The van der Waals surface area contributed by atoms with Gasteiger partial charge < -0.3 is 42.6 Å². The van der Waals surface area contributed by atoms with Crippen molar-refractivity contribution in [2.24, 2.45) is 0 Å². The summed E-state index contributed by atoms with van der Waals surface area (Å²) in [5.74, 6) is 0.710. The number of benzene rings is 1. The first kappa shape index (κ1) is 39.4. The van der Waals surface area contributed by atoms with Crippen molar-refractivity contribution in [3.05, 3.63) is 29.8 Å². The normalized spacial score (nSPS) is 11.3. The van der Waals surface area contributed by atoms with Crippen LogP contribution in [0.3, 0.4) is 0 Å².